The summed E-state index contributed by atoms with van der Waals surface area (Å²) in [5, 5.41) is 196. The van der Waals surface area contributed by atoms with Gasteiger partial charge in [0, 0.05) is 29.8 Å². The van der Waals surface area contributed by atoms with Crippen LogP contribution in [-0.2, 0) is 66.4 Å². The van der Waals surface area contributed by atoms with Gasteiger partial charge in [0.05, 0.1) is 37.6 Å². The molecule has 105 heavy (non-hydrogen) atoms. The third-order valence-corrected chi connectivity index (χ3v) is 18.6. The van der Waals surface area contributed by atoms with Gasteiger partial charge in [-0.1, -0.05) is 24.3 Å². The van der Waals surface area contributed by atoms with Gasteiger partial charge in [0.2, 0.25) is 23.8 Å². The minimum absolute atomic E-state index is 0.0638. The van der Waals surface area contributed by atoms with Gasteiger partial charge in [-0.05, 0) is 99.5 Å². The number of carbonyl (C=O) groups excluding carboxylic acids is 2. The number of rotatable bonds is 21. The van der Waals surface area contributed by atoms with Crippen LogP contribution in [0.4, 0.5) is 0 Å². The number of aliphatic hydroxyl groups excluding tert-OH is 14. The lowest BCUT2D eigenvalue weighted by atomic mass is 9.96. The molecule has 36 nitrogen and oxygen atoms in total. The van der Waals surface area contributed by atoms with E-state index in [0.29, 0.717) is 11.1 Å². The Labute approximate surface area is 594 Å². The minimum Gasteiger partial charge on any atom is -0.508 e. The molecule has 0 spiro atoms. The molecule has 11 rings (SSSR count). The maximum Gasteiger partial charge on any atom is 0.331 e. The summed E-state index contributed by atoms with van der Waals surface area (Å²) >= 11 is 0. The number of hydrogen-bond acceptors (Lipinski definition) is 36. The SMILES string of the molecule is CC1OC(OC2C(O)C(C)OC(OC3C(O)C(Oc4cc(O)c5c(=O)c(OC6OC(COC7OC(CO)C(O)C(O)C7O)C(O)C(OC7OC(C)C(O)C(O)C7O)C6OC(=O)C=Cc6ccc(O)cc6)c(-c6ccc(O)cc6)oc5c4)OC(C)C3OC(=O)C=Cc3ccc(O)cc3)C2O)C(O)C(O)C1O. The van der Waals surface area contributed by atoms with Crippen molar-refractivity contribution < 1.29 is 172 Å². The van der Waals surface area contributed by atoms with Gasteiger partial charge in [-0.2, -0.15) is 0 Å². The quantitative estimate of drug-likeness (QED) is 0.0251. The first-order valence-corrected chi connectivity index (χ1v) is 33.2. The summed E-state index contributed by atoms with van der Waals surface area (Å²) < 4.78 is 90.0. The van der Waals surface area contributed by atoms with Crippen molar-refractivity contribution in [2.75, 3.05) is 13.2 Å². The van der Waals surface area contributed by atoms with Gasteiger partial charge in [-0.3, -0.25) is 4.79 Å². The average molecular weight is 1490 g/mol. The van der Waals surface area contributed by atoms with Crippen LogP contribution in [0.1, 0.15) is 38.8 Å². The van der Waals surface area contributed by atoms with Crippen LogP contribution >= 0.6 is 0 Å². The van der Waals surface area contributed by atoms with Gasteiger partial charge >= 0.3 is 11.9 Å². The molecule has 30 unspecified atom stereocenters. The van der Waals surface area contributed by atoms with Crippen LogP contribution < -0.4 is 14.9 Å². The van der Waals surface area contributed by atoms with E-state index in [2.05, 4.69) is 0 Å². The Morgan fingerprint density at radius 1 is 0.429 bits per heavy atom. The number of phenols is 4. The number of hydrogen-bond donors (Lipinski definition) is 18. The predicted octanol–water partition coefficient (Wildman–Crippen LogP) is -3.42. The summed E-state index contributed by atoms with van der Waals surface area (Å²) in [6, 6.07) is 17.8. The smallest absolute Gasteiger partial charge is 0.331 e. The first-order chi connectivity index (χ1) is 49.9. The van der Waals surface area contributed by atoms with E-state index in [1.54, 1.807) is 0 Å². The maximum absolute atomic E-state index is 15.4. The van der Waals surface area contributed by atoms with E-state index in [1.165, 1.54) is 101 Å². The van der Waals surface area contributed by atoms with Crippen LogP contribution in [0.3, 0.4) is 0 Å². The van der Waals surface area contributed by atoms with Crippen LogP contribution in [0, 0.1) is 0 Å². The third kappa shape index (κ3) is 17.2. The van der Waals surface area contributed by atoms with Gasteiger partial charge in [-0.25, -0.2) is 9.59 Å². The number of phenolic OH excluding ortho intramolecular Hbond substituents is 4. The van der Waals surface area contributed by atoms with Crippen molar-refractivity contribution in [2.24, 2.45) is 0 Å². The molecule has 36 heteroatoms. The van der Waals surface area contributed by atoms with Crippen molar-refractivity contribution in [1.82, 2.24) is 0 Å². The van der Waals surface area contributed by atoms with Crippen molar-refractivity contribution in [3.8, 4) is 45.8 Å². The summed E-state index contributed by atoms with van der Waals surface area (Å²) in [6.45, 7) is 3.54. The fourth-order valence-electron chi connectivity index (χ4n) is 12.5. The second kappa shape index (κ2) is 33.2. The monoisotopic (exact) mass is 1490 g/mol. The zero-order chi connectivity index (χ0) is 75.7. The van der Waals surface area contributed by atoms with E-state index in [0.717, 1.165) is 36.4 Å². The Morgan fingerprint density at radius 2 is 0.876 bits per heavy atom. The van der Waals surface area contributed by atoms with Gasteiger partial charge in [-0.15, -0.1) is 0 Å². The average Bonchev–Trinajstić information content (AvgIpc) is 0.764. The van der Waals surface area contributed by atoms with Gasteiger partial charge in [0.25, 0.3) is 0 Å². The largest absolute Gasteiger partial charge is 0.508 e. The molecule has 0 saturated carbocycles. The predicted molar refractivity (Wildman–Crippen MR) is 347 cm³/mol. The Bertz CT molecular complexity index is 3870. The summed E-state index contributed by atoms with van der Waals surface area (Å²) in [5.41, 5.74) is -1.10. The second-order valence-corrected chi connectivity index (χ2v) is 26.0. The molecule has 4 aromatic carbocycles. The molecule has 5 aromatic rings. The normalized spacial score (nSPS) is 38.2. The van der Waals surface area contributed by atoms with Crippen LogP contribution in [0.2, 0.25) is 0 Å². The maximum atomic E-state index is 15.4. The third-order valence-electron chi connectivity index (χ3n) is 18.6. The highest BCUT2D eigenvalue weighted by Crippen LogP contribution is 2.42. The van der Waals surface area contributed by atoms with E-state index in [4.69, 9.17) is 70.7 Å². The van der Waals surface area contributed by atoms with Crippen LogP contribution in [0.5, 0.6) is 34.5 Å². The van der Waals surface area contributed by atoms with Crippen molar-refractivity contribution >= 4 is 35.1 Å². The topological polar surface area (TPSA) is 558 Å². The first kappa shape index (κ1) is 78.4. The summed E-state index contributed by atoms with van der Waals surface area (Å²) in [7, 11) is 0. The highest BCUT2D eigenvalue weighted by atomic mass is 16.8. The lowest BCUT2D eigenvalue weighted by Gasteiger charge is -2.48. The van der Waals surface area contributed by atoms with Crippen LogP contribution in [0.15, 0.2) is 106 Å². The van der Waals surface area contributed by atoms with E-state index in [1.807, 2.05) is 0 Å². The molecule has 30 atom stereocenters. The standard InChI is InChI=1S/C69H82O36/c1-25-43(77)49(83)53(87)65(92-25)102-59-45(79)27(3)94-68(55(59)89)104-62-56(90)67(95-28(4)57(62)100-40(75)19-9-29-5-13-32(71)14-6-29)96-35-21-36(74)42-37(22-35)97-58(31-11-17-34(73)18-12-31)61(48(42)82)105-69-63(101-41(76)20-10-30-7-15-33(72)16-8-30)60(103-66-54(88)50(84)44(78)26(2)93-66)47(81)39(99-69)24-91-64-52(86)51(85)46(80)38(23-70)98-64/h5-22,25-28,38-39,43-47,49-57,59-60,62-74,77-81,83-90H,23-24H2,1-4H3. The Morgan fingerprint density at radius 3 is 1.42 bits per heavy atom. The molecule has 1 aromatic heterocycles. The summed E-state index contributed by atoms with van der Waals surface area (Å²) in [4.78, 5) is 43.2. The molecular weight excluding hydrogens is 1400 g/mol. The molecule has 0 radical (unpaired) electrons. The van der Waals surface area contributed by atoms with Crippen molar-refractivity contribution in [1.29, 1.82) is 0 Å². The second-order valence-electron chi connectivity index (χ2n) is 26.0. The fraction of sp³-hybridized carbons (Fsp3) is 0.522. The van der Waals surface area contributed by atoms with Crippen LogP contribution in [-0.4, -0.2) is 301 Å². The highest BCUT2D eigenvalue weighted by molar-refractivity contribution is 5.89. The molecule has 18 N–H and O–H groups in total. The number of esters is 2. The summed E-state index contributed by atoms with van der Waals surface area (Å²) in [6.07, 6.45) is -50.2. The van der Waals surface area contributed by atoms with Gasteiger partial charge in [0.1, 0.15) is 150 Å². The molecule has 6 aliphatic rings. The fourth-order valence-corrected chi connectivity index (χ4v) is 12.5. The van der Waals surface area contributed by atoms with Crippen molar-refractivity contribution in [3.05, 3.63) is 118 Å². The Kier molecular flexibility index (Phi) is 24.8. The number of aliphatic hydroxyl groups is 14. The van der Waals surface area contributed by atoms with Crippen molar-refractivity contribution in [2.45, 2.75) is 212 Å². The molecule has 0 amide bonds. The number of carbonyl (C=O) groups is 2. The summed E-state index contributed by atoms with van der Waals surface area (Å²) in [5.74, 6) is -5.65. The van der Waals surface area contributed by atoms with Crippen molar-refractivity contribution in [3.63, 3.8) is 0 Å². The molecule has 0 bridgehead atoms. The zero-order valence-corrected chi connectivity index (χ0v) is 56.0. The van der Waals surface area contributed by atoms with Gasteiger partial charge < -0.3 is 163 Å². The van der Waals surface area contributed by atoms with E-state index in [9.17, 15) is 102 Å². The number of aromatic hydroxyl groups is 4. The number of benzene rings is 4. The first-order valence-electron chi connectivity index (χ1n) is 33.2. The van der Waals surface area contributed by atoms with Crippen LogP contribution in [0.25, 0.3) is 34.4 Å². The zero-order valence-electron chi connectivity index (χ0n) is 56.0. The molecular formula is C69H82O36. The van der Waals surface area contributed by atoms with E-state index in [-0.39, 0.29) is 22.8 Å². The molecule has 6 aliphatic heterocycles. The molecule has 0 aliphatic carbocycles. The molecule has 6 saturated heterocycles. The van der Waals surface area contributed by atoms with Gasteiger partial charge in [0.15, 0.2) is 43.1 Å². The molecule has 574 valence electrons. The van der Waals surface area contributed by atoms with E-state index >= 15 is 4.79 Å². The number of fused-ring (bicyclic) bond motifs is 1. The highest BCUT2D eigenvalue weighted by Gasteiger charge is 2.57. The molecule has 7 heterocycles. The Balaban J connectivity index is 0.948. The lowest BCUT2D eigenvalue weighted by molar-refractivity contribution is -0.372. The number of ether oxygens (including phenoxy) is 14. The minimum atomic E-state index is -2.29. The molecule has 6 fully saturated rings. The Hall–Kier alpha value is -7.65. The van der Waals surface area contributed by atoms with E-state index < -0.39 is 249 Å². The lowest BCUT2D eigenvalue weighted by Crippen LogP contribution is -2.66.